The van der Waals surface area contributed by atoms with Gasteiger partial charge in [-0.2, -0.15) is 0 Å². The summed E-state index contributed by atoms with van der Waals surface area (Å²) in [5.74, 6) is -0.568. The van der Waals surface area contributed by atoms with Crippen LogP contribution in [0.4, 0.5) is 0 Å². The normalized spacial score (nSPS) is 15.2. The van der Waals surface area contributed by atoms with E-state index in [-0.39, 0.29) is 30.9 Å². The summed E-state index contributed by atoms with van der Waals surface area (Å²) in [6, 6.07) is 9.62. The lowest BCUT2D eigenvalue weighted by atomic mass is 10.2. The Hall–Kier alpha value is -1.84. The van der Waals surface area contributed by atoms with E-state index < -0.39 is 0 Å². The van der Waals surface area contributed by atoms with E-state index in [1.54, 1.807) is 0 Å². The Morgan fingerprint density at radius 1 is 1.16 bits per heavy atom. The maximum Gasteiger partial charge on any atom is 0.310 e. The van der Waals surface area contributed by atoms with Crippen molar-refractivity contribution in [2.24, 2.45) is 0 Å². The maximum absolute atomic E-state index is 11.6. The number of rotatable bonds is 5. The van der Waals surface area contributed by atoms with Gasteiger partial charge in [-0.1, -0.05) is 43.2 Å². The molecule has 0 atom stereocenters. The van der Waals surface area contributed by atoms with Crippen LogP contribution in [0.15, 0.2) is 30.3 Å². The first-order valence-corrected chi connectivity index (χ1v) is 6.73. The molecule has 1 N–H and O–H groups in total. The molecule has 0 spiro atoms. The summed E-state index contributed by atoms with van der Waals surface area (Å²) in [4.78, 5) is 23.1. The molecule has 0 bridgehead atoms. The standard InChI is InChI=1S/C15H19NO3/c17-14(16-13-8-4-5-9-13)11-19-15(18)10-12-6-2-1-3-7-12/h1-3,6-7,13H,4-5,8-11H2,(H,16,17). The molecule has 1 aliphatic carbocycles. The molecule has 19 heavy (non-hydrogen) atoms. The van der Waals surface area contributed by atoms with Crippen molar-refractivity contribution >= 4 is 11.9 Å². The second-order valence-corrected chi connectivity index (χ2v) is 4.87. The monoisotopic (exact) mass is 261 g/mol. The zero-order valence-corrected chi connectivity index (χ0v) is 10.9. The quantitative estimate of drug-likeness (QED) is 0.823. The molecule has 0 saturated heterocycles. The van der Waals surface area contributed by atoms with Gasteiger partial charge in [-0.3, -0.25) is 9.59 Å². The summed E-state index contributed by atoms with van der Waals surface area (Å²) >= 11 is 0. The lowest BCUT2D eigenvalue weighted by Crippen LogP contribution is -2.36. The fourth-order valence-electron chi connectivity index (χ4n) is 2.30. The highest BCUT2D eigenvalue weighted by Crippen LogP contribution is 2.17. The van der Waals surface area contributed by atoms with Crippen LogP contribution in [0.3, 0.4) is 0 Å². The summed E-state index contributed by atoms with van der Waals surface area (Å²) in [5, 5.41) is 2.88. The van der Waals surface area contributed by atoms with Gasteiger partial charge in [0.2, 0.25) is 0 Å². The van der Waals surface area contributed by atoms with Gasteiger partial charge in [-0.05, 0) is 18.4 Å². The SMILES string of the molecule is O=C(COC(=O)Cc1ccccc1)NC1CCCC1. The van der Waals surface area contributed by atoms with Gasteiger partial charge in [0.25, 0.3) is 5.91 Å². The number of esters is 1. The first-order valence-electron chi connectivity index (χ1n) is 6.73. The first kappa shape index (κ1) is 13.6. The molecule has 1 aromatic carbocycles. The predicted molar refractivity (Wildman–Crippen MR) is 71.5 cm³/mol. The molecule has 1 aliphatic rings. The smallest absolute Gasteiger partial charge is 0.310 e. The van der Waals surface area contributed by atoms with Crippen LogP contribution in [0.1, 0.15) is 31.2 Å². The minimum absolute atomic E-state index is 0.178. The Kier molecular flexibility index (Phi) is 4.95. The molecular weight excluding hydrogens is 242 g/mol. The van der Waals surface area contributed by atoms with Crippen LogP contribution in [-0.4, -0.2) is 24.5 Å². The predicted octanol–water partition coefficient (Wildman–Crippen LogP) is 1.83. The van der Waals surface area contributed by atoms with Crippen molar-refractivity contribution in [1.82, 2.24) is 5.32 Å². The highest BCUT2D eigenvalue weighted by atomic mass is 16.5. The molecule has 0 aliphatic heterocycles. The molecule has 4 heteroatoms. The Bertz CT molecular complexity index is 424. The summed E-state index contributed by atoms with van der Waals surface area (Å²) < 4.78 is 4.97. The molecule has 2 rings (SSSR count). The van der Waals surface area contributed by atoms with E-state index in [1.807, 2.05) is 30.3 Å². The number of carbonyl (C=O) groups excluding carboxylic acids is 2. The van der Waals surface area contributed by atoms with Gasteiger partial charge in [0.05, 0.1) is 6.42 Å². The van der Waals surface area contributed by atoms with E-state index in [1.165, 1.54) is 12.8 Å². The molecule has 0 radical (unpaired) electrons. The largest absolute Gasteiger partial charge is 0.455 e. The zero-order chi connectivity index (χ0) is 13.5. The lowest BCUT2D eigenvalue weighted by molar-refractivity contribution is -0.148. The van der Waals surface area contributed by atoms with E-state index in [0.29, 0.717) is 0 Å². The molecule has 0 heterocycles. The Morgan fingerprint density at radius 2 is 1.84 bits per heavy atom. The number of amides is 1. The fourth-order valence-corrected chi connectivity index (χ4v) is 2.30. The summed E-state index contributed by atoms with van der Waals surface area (Å²) in [6.07, 6.45) is 4.60. The van der Waals surface area contributed by atoms with Crippen molar-refractivity contribution in [1.29, 1.82) is 0 Å². The number of benzene rings is 1. The Labute approximate surface area is 113 Å². The number of nitrogens with one attached hydrogen (secondary N) is 1. The van der Waals surface area contributed by atoms with E-state index in [2.05, 4.69) is 5.32 Å². The van der Waals surface area contributed by atoms with Crippen LogP contribution < -0.4 is 5.32 Å². The topological polar surface area (TPSA) is 55.4 Å². The van der Waals surface area contributed by atoms with Gasteiger partial charge < -0.3 is 10.1 Å². The molecule has 102 valence electrons. The van der Waals surface area contributed by atoms with Gasteiger partial charge in [-0.25, -0.2) is 0 Å². The number of ether oxygens (including phenoxy) is 1. The van der Waals surface area contributed by atoms with E-state index in [0.717, 1.165) is 18.4 Å². The van der Waals surface area contributed by atoms with Crippen LogP contribution >= 0.6 is 0 Å². The van der Waals surface area contributed by atoms with Crippen molar-refractivity contribution in [3.05, 3.63) is 35.9 Å². The first-order chi connectivity index (χ1) is 9.24. The van der Waals surface area contributed by atoms with Gasteiger partial charge >= 0.3 is 5.97 Å². The number of hydrogen-bond donors (Lipinski definition) is 1. The summed E-state index contributed by atoms with van der Waals surface area (Å²) in [6.45, 7) is -0.178. The van der Waals surface area contributed by atoms with E-state index >= 15 is 0 Å². The zero-order valence-electron chi connectivity index (χ0n) is 10.9. The Morgan fingerprint density at radius 3 is 2.53 bits per heavy atom. The van der Waals surface area contributed by atoms with E-state index in [4.69, 9.17) is 4.74 Å². The highest BCUT2D eigenvalue weighted by molar-refractivity contribution is 5.81. The molecule has 0 unspecified atom stereocenters. The Balaban J connectivity index is 1.67. The van der Waals surface area contributed by atoms with Gasteiger partial charge in [0, 0.05) is 6.04 Å². The second kappa shape index (κ2) is 6.92. The number of hydrogen-bond acceptors (Lipinski definition) is 3. The van der Waals surface area contributed by atoms with Crippen molar-refractivity contribution < 1.29 is 14.3 Å². The summed E-state index contributed by atoms with van der Waals surface area (Å²) in [5.41, 5.74) is 0.892. The average molecular weight is 261 g/mol. The molecule has 1 fully saturated rings. The summed E-state index contributed by atoms with van der Waals surface area (Å²) in [7, 11) is 0. The van der Waals surface area contributed by atoms with Gasteiger partial charge in [-0.15, -0.1) is 0 Å². The van der Waals surface area contributed by atoms with Crippen LogP contribution in [0.2, 0.25) is 0 Å². The van der Waals surface area contributed by atoms with Crippen LogP contribution in [0.5, 0.6) is 0 Å². The molecule has 4 nitrogen and oxygen atoms in total. The third-order valence-electron chi connectivity index (χ3n) is 3.28. The van der Waals surface area contributed by atoms with Crippen molar-refractivity contribution in [3.8, 4) is 0 Å². The van der Waals surface area contributed by atoms with E-state index in [9.17, 15) is 9.59 Å². The molecule has 0 aromatic heterocycles. The minimum atomic E-state index is -0.368. The lowest BCUT2D eigenvalue weighted by Gasteiger charge is -2.11. The van der Waals surface area contributed by atoms with Crippen LogP contribution in [0.25, 0.3) is 0 Å². The molecule has 1 saturated carbocycles. The second-order valence-electron chi connectivity index (χ2n) is 4.87. The third-order valence-corrected chi connectivity index (χ3v) is 3.28. The van der Waals surface area contributed by atoms with Crippen LogP contribution in [0, 0.1) is 0 Å². The van der Waals surface area contributed by atoms with Crippen LogP contribution in [-0.2, 0) is 20.7 Å². The maximum atomic E-state index is 11.6. The third kappa shape index (κ3) is 4.73. The minimum Gasteiger partial charge on any atom is -0.455 e. The highest BCUT2D eigenvalue weighted by Gasteiger charge is 2.17. The van der Waals surface area contributed by atoms with Crippen molar-refractivity contribution in [2.75, 3.05) is 6.61 Å². The van der Waals surface area contributed by atoms with Gasteiger partial charge in [0.1, 0.15) is 0 Å². The van der Waals surface area contributed by atoms with Crippen molar-refractivity contribution in [3.63, 3.8) is 0 Å². The molecule has 1 amide bonds. The number of carbonyl (C=O) groups is 2. The van der Waals surface area contributed by atoms with Gasteiger partial charge in [0.15, 0.2) is 6.61 Å². The molecular formula is C15H19NO3. The fraction of sp³-hybridized carbons (Fsp3) is 0.467. The van der Waals surface area contributed by atoms with Crippen molar-refractivity contribution in [2.45, 2.75) is 38.1 Å². The average Bonchev–Trinajstić information content (AvgIpc) is 2.90. The molecule has 1 aromatic rings.